The van der Waals surface area contributed by atoms with Gasteiger partial charge in [-0.1, -0.05) is 26.7 Å². The zero-order chi connectivity index (χ0) is 18.2. The van der Waals surface area contributed by atoms with Crippen LogP contribution < -0.4 is 10.5 Å². The van der Waals surface area contributed by atoms with Crippen molar-refractivity contribution in [1.29, 1.82) is 0 Å². The van der Waals surface area contributed by atoms with E-state index in [1.165, 1.54) is 18.2 Å². The molecule has 0 fully saturated rings. The maximum Gasteiger partial charge on any atom is 0.335 e. The van der Waals surface area contributed by atoms with E-state index < -0.39 is 16.0 Å². The minimum Gasteiger partial charge on any atom is -0.478 e. The Morgan fingerprint density at radius 1 is 1.25 bits per heavy atom. The summed E-state index contributed by atoms with van der Waals surface area (Å²) in [6.07, 6.45) is 5.50. The highest BCUT2D eigenvalue weighted by Gasteiger charge is 2.16. The van der Waals surface area contributed by atoms with Gasteiger partial charge in [0.15, 0.2) is 0 Å². The third-order valence-electron chi connectivity index (χ3n) is 4.00. The van der Waals surface area contributed by atoms with Crippen LogP contribution in [0.5, 0.6) is 0 Å². The normalized spacial score (nSPS) is 13.0. The predicted molar refractivity (Wildman–Crippen MR) is 94.7 cm³/mol. The fraction of sp³-hybridized carbons (Fsp3) is 0.588. The van der Waals surface area contributed by atoms with Gasteiger partial charge >= 0.3 is 5.97 Å². The highest BCUT2D eigenvalue weighted by atomic mass is 32.2. The van der Waals surface area contributed by atoms with Crippen molar-refractivity contribution in [2.45, 2.75) is 63.3 Å². The number of carbonyl (C=O) groups is 1. The minimum absolute atomic E-state index is 0.0477. The Balaban J connectivity index is 2.91. The first-order chi connectivity index (χ1) is 11.3. The number of nitrogens with two attached hydrogens (primary N) is 1. The fourth-order valence-electron chi connectivity index (χ4n) is 2.67. The van der Waals surface area contributed by atoms with Crippen LogP contribution in [0.3, 0.4) is 0 Å². The van der Waals surface area contributed by atoms with Crippen molar-refractivity contribution in [3.63, 3.8) is 0 Å². The number of rotatable bonds is 11. The molecule has 136 valence electrons. The van der Waals surface area contributed by atoms with Crippen LogP contribution >= 0.6 is 0 Å². The highest BCUT2D eigenvalue weighted by molar-refractivity contribution is 7.89. The van der Waals surface area contributed by atoms with Crippen molar-refractivity contribution in [1.82, 2.24) is 5.32 Å². The number of carboxylic acid groups (broad SMARTS) is 1. The highest BCUT2D eigenvalue weighted by Crippen LogP contribution is 2.18. The van der Waals surface area contributed by atoms with Crippen LogP contribution in [-0.4, -0.2) is 32.1 Å². The lowest BCUT2D eigenvalue weighted by Gasteiger charge is -2.19. The van der Waals surface area contributed by atoms with Gasteiger partial charge in [-0.3, -0.25) is 0 Å². The fourth-order valence-corrected chi connectivity index (χ4v) is 3.24. The average Bonchev–Trinajstić information content (AvgIpc) is 2.51. The second kappa shape index (κ2) is 9.76. The van der Waals surface area contributed by atoms with Crippen LogP contribution in [0, 0.1) is 0 Å². The molecular weight excluding hydrogens is 328 g/mol. The predicted octanol–water partition coefficient (Wildman–Crippen LogP) is 2.52. The molecule has 0 amide bonds. The summed E-state index contributed by atoms with van der Waals surface area (Å²) in [5.74, 6) is -1.06. The van der Waals surface area contributed by atoms with E-state index in [2.05, 4.69) is 19.2 Å². The molecule has 0 saturated carbocycles. The molecule has 0 saturated heterocycles. The molecule has 1 aromatic carbocycles. The zero-order valence-electron chi connectivity index (χ0n) is 14.4. The molecule has 24 heavy (non-hydrogen) atoms. The molecule has 0 aromatic heterocycles. The molecule has 0 heterocycles. The van der Waals surface area contributed by atoms with Gasteiger partial charge in [0.1, 0.15) is 0 Å². The summed E-state index contributed by atoms with van der Waals surface area (Å²) in [7, 11) is -3.84. The van der Waals surface area contributed by atoms with Gasteiger partial charge in [-0.2, -0.15) is 0 Å². The number of aromatic carboxylic acids is 1. The number of carboxylic acids is 1. The van der Waals surface area contributed by atoms with E-state index in [4.69, 9.17) is 5.14 Å². The van der Waals surface area contributed by atoms with Crippen LogP contribution in [0.2, 0.25) is 0 Å². The first-order valence-corrected chi connectivity index (χ1v) is 9.96. The summed E-state index contributed by atoms with van der Waals surface area (Å²) in [4.78, 5) is 11.3. The van der Waals surface area contributed by atoms with E-state index in [0.717, 1.165) is 38.6 Å². The van der Waals surface area contributed by atoms with E-state index in [9.17, 15) is 18.3 Å². The molecule has 0 radical (unpaired) electrons. The lowest BCUT2D eigenvalue weighted by molar-refractivity contribution is 0.0695. The summed E-state index contributed by atoms with van der Waals surface area (Å²) in [5.41, 5.74) is 0.638. The maximum absolute atomic E-state index is 11.5. The maximum atomic E-state index is 11.5. The largest absolute Gasteiger partial charge is 0.478 e. The Kier molecular flexibility index (Phi) is 8.38. The number of benzene rings is 1. The number of sulfonamides is 1. The van der Waals surface area contributed by atoms with Crippen molar-refractivity contribution < 1.29 is 18.3 Å². The Labute approximate surface area is 144 Å². The molecular formula is C17H28N2O4S. The molecule has 1 rings (SSSR count). The molecule has 7 heteroatoms. The van der Waals surface area contributed by atoms with Crippen LogP contribution in [0.4, 0.5) is 0 Å². The third kappa shape index (κ3) is 6.59. The zero-order valence-corrected chi connectivity index (χ0v) is 15.2. The number of unbranched alkanes of at least 4 members (excludes halogenated alkanes) is 1. The quantitative estimate of drug-likeness (QED) is 0.528. The van der Waals surface area contributed by atoms with Crippen LogP contribution in [0.1, 0.15) is 61.9 Å². The number of aryl methyl sites for hydroxylation is 1. The van der Waals surface area contributed by atoms with Gasteiger partial charge in [0, 0.05) is 6.04 Å². The van der Waals surface area contributed by atoms with E-state index >= 15 is 0 Å². The van der Waals surface area contributed by atoms with Gasteiger partial charge in [0.2, 0.25) is 10.0 Å². The summed E-state index contributed by atoms with van der Waals surface area (Å²) < 4.78 is 23.0. The molecule has 0 bridgehead atoms. The summed E-state index contributed by atoms with van der Waals surface area (Å²) in [6, 6.07) is 4.23. The Morgan fingerprint density at radius 2 is 1.96 bits per heavy atom. The van der Waals surface area contributed by atoms with Gasteiger partial charge in [-0.05, 0) is 56.0 Å². The van der Waals surface area contributed by atoms with Crippen LogP contribution in [-0.2, 0) is 16.4 Å². The van der Waals surface area contributed by atoms with Crippen molar-refractivity contribution in [3.8, 4) is 0 Å². The molecule has 0 aliphatic heterocycles. The average molecular weight is 356 g/mol. The van der Waals surface area contributed by atoms with E-state index in [0.29, 0.717) is 18.0 Å². The van der Waals surface area contributed by atoms with E-state index in [1.54, 1.807) is 0 Å². The number of hydrogen-bond donors (Lipinski definition) is 3. The molecule has 0 spiro atoms. The molecule has 0 aliphatic carbocycles. The van der Waals surface area contributed by atoms with Gasteiger partial charge in [0.25, 0.3) is 0 Å². The SMILES string of the molecule is CCCCNC(CCC)CCc1cc(S(N)(=O)=O)ccc1C(=O)O. The Hall–Kier alpha value is -1.44. The number of hydrogen-bond acceptors (Lipinski definition) is 4. The van der Waals surface area contributed by atoms with Crippen LogP contribution in [0.25, 0.3) is 0 Å². The summed E-state index contributed by atoms with van der Waals surface area (Å²) in [6.45, 7) is 5.18. The Morgan fingerprint density at radius 3 is 2.50 bits per heavy atom. The Bertz CT molecular complexity index is 644. The lowest BCUT2D eigenvalue weighted by atomic mass is 9.98. The monoisotopic (exact) mass is 356 g/mol. The molecule has 1 unspecified atom stereocenters. The molecule has 0 aliphatic rings. The van der Waals surface area contributed by atoms with E-state index in [-0.39, 0.29) is 10.5 Å². The molecule has 4 N–H and O–H groups in total. The molecule has 1 aromatic rings. The van der Waals surface area contributed by atoms with Gasteiger partial charge in [0.05, 0.1) is 10.5 Å². The van der Waals surface area contributed by atoms with Crippen molar-refractivity contribution in [2.24, 2.45) is 5.14 Å². The van der Waals surface area contributed by atoms with Crippen molar-refractivity contribution >= 4 is 16.0 Å². The van der Waals surface area contributed by atoms with Crippen molar-refractivity contribution in [3.05, 3.63) is 29.3 Å². The number of primary sulfonamides is 1. The van der Waals surface area contributed by atoms with Crippen molar-refractivity contribution in [2.75, 3.05) is 6.54 Å². The topological polar surface area (TPSA) is 109 Å². The second-order valence-electron chi connectivity index (χ2n) is 6.00. The van der Waals surface area contributed by atoms with Gasteiger partial charge in [-0.25, -0.2) is 18.4 Å². The summed E-state index contributed by atoms with van der Waals surface area (Å²) >= 11 is 0. The number of nitrogens with one attached hydrogen (secondary N) is 1. The third-order valence-corrected chi connectivity index (χ3v) is 4.91. The van der Waals surface area contributed by atoms with Gasteiger partial charge < -0.3 is 10.4 Å². The lowest BCUT2D eigenvalue weighted by Crippen LogP contribution is -2.30. The first-order valence-electron chi connectivity index (χ1n) is 8.42. The smallest absolute Gasteiger partial charge is 0.335 e. The van der Waals surface area contributed by atoms with Gasteiger partial charge in [-0.15, -0.1) is 0 Å². The summed E-state index contributed by atoms with van der Waals surface area (Å²) in [5, 5.41) is 17.9. The standard InChI is InChI=1S/C17H28N2O4S/c1-3-5-11-19-14(6-4-2)8-7-13-12-15(24(18,22)23)9-10-16(13)17(20)21/h9-10,12,14,19H,3-8,11H2,1-2H3,(H,20,21)(H2,18,22,23). The molecule has 1 atom stereocenters. The first kappa shape index (κ1) is 20.6. The second-order valence-corrected chi connectivity index (χ2v) is 7.56. The molecule has 6 nitrogen and oxygen atoms in total. The minimum atomic E-state index is -3.84. The van der Waals surface area contributed by atoms with E-state index in [1.807, 2.05) is 0 Å². The van der Waals surface area contributed by atoms with Crippen LogP contribution in [0.15, 0.2) is 23.1 Å².